The molecule has 0 saturated heterocycles. The highest BCUT2D eigenvalue weighted by molar-refractivity contribution is 5.81. The lowest BCUT2D eigenvalue weighted by Crippen LogP contribution is -2.32. The number of hydrazone groups is 1. The van der Waals surface area contributed by atoms with Crippen LogP contribution >= 0.6 is 0 Å². The smallest absolute Gasteiger partial charge is 0.493 e. The van der Waals surface area contributed by atoms with Gasteiger partial charge in [0.15, 0.2) is 5.82 Å². The Bertz CT molecular complexity index is 1210. The second kappa shape index (κ2) is 10.5. The Morgan fingerprint density at radius 1 is 1.15 bits per heavy atom. The van der Waals surface area contributed by atoms with E-state index in [0.717, 1.165) is 12.1 Å². The summed E-state index contributed by atoms with van der Waals surface area (Å²) < 4.78 is 61.5. The Kier molecular flexibility index (Phi) is 7.53. The number of amidine groups is 1. The summed E-state index contributed by atoms with van der Waals surface area (Å²) in [6, 6.07) is 8.94. The van der Waals surface area contributed by atoms with Gasteiger partial charge in [0, 0.05) is 30.6 Å². The van der Waals surface area contributed by atoms with Crippen LogP contribution in [0.1, 0.15) is 6.42 Å². The molecule has 0 aliphatic carbocycles. The minimum atomic E-state index is -4.96. The predicted molar refractivity (Wildman–Crippen MR) is 115 cm³/mol. The van der Waals surface area contributed by atoms with E-state index in [4.69, 9.17) is 16.4 Å². The highest BCUT2D eigenvalue weighted by atomic mass is 19.4. The topological polar surface area (TPSA) is 142 Å². The van der Waals surface area contributed by atoms with E-state index in [1.54, 1.807) is 24.3 Å². The van der Waals surface area contributed by atoms with Gasteiger partial charge in [-0.05, 0) is 36.4 Å². The summed E-state index contributed by atoms with van der Waals surface area (Å²) in [5.74, 6) is 9.21. The molecule has 34 heavy (non-hydrogen) atoms. The Morgan fingerprint density at radius 2 is 1.85 bits per heavy atom. The summed E-state index contributed by atoms with van der Waals surface area (Å²) in [7, 11) is 0. The van der Waals surface area contributed by atoms with E-state index < -0.39 is 23.5 Å². The number of hydrogen-bond acceptors (Lipinski definition) is 8. The van der Waals surface area contributed by atoms with Crippen molar-refractivity contribution >= 4 is 17.3 Å². The first-order chi connectivity index (χ1) is 16.2. The SMILES string of the molecule is N/N=C(/CCOc1ccc(-n2ccnc(Nc3ccc(OC(F)(F)F)cc3F)c2=O)cc1)NN. The molecule has 0 bridgehead atoms. The predicted octanol–water partition coefficient (Wildman–Crippen LogP) is 2.52. The fourth-order valence-corrected chi connectivity index (χ4v) is 2.77. The van der Waals surface area contributed by atoms with Gasteiger partial charge in [0.1, 0.15) is 23.2 Å². The van der Waals surface area contributed by atoms with Gasteiger partial charge in [0.2, 0.25) is 0 Å². The van der Waals surface area contributed by atoms with E-state index in [-0.39, 0.29) is 18.1 Å². The fourth-order valence-electron chi connectivity index (χ4n) is 2.77. The number of benzene rings is 2. The molecule has 10 nitrogen and oxygen atoms in total. The summed E-state index contributed by atoms with van der Waals surface area (Å²) in [5, 5.41) is 5.92. The van der Waals surface area contributed by atoms with Crippen LogP contribution in [-0.2, 0) is 0 Å². The molecule has 2 aromatic carbocycles. The number of hydrogen-bond donors (Lipinski definition) is 4. The zero-order valence-corrected chi connectivity index (χ0v) is 17.3. The molecule has 0 atom stereocenters. The van der Waals surface area contributed by atoms with E-state index in [2.05, 4.69) is 25.6 Å². The van der Waals surface area contributed by atoms with Crippen molar-refractivity contribution in [1.29, 1.82) is 0 Å². The van der Waals surface area contributed by atoms with E-state index >= 15 is 0 Å². The normalized spacial score (nSPS) is 11.7. The third kappa shape index (κ3) is 6.35. The molecular formula is C20H19F4N7O3. The second-order valence-electron chi connectivity index (χ2n) is 6.58. The lowest BCUT2D eigenvalue weighted by molar-refractivity contribution is -0.274. The number of aromatic nitrogens is 2. The summed E-state index contributed by atoms with van der Waals surface area (Å²) >= 11 is 0. The Labute approximate surface area is 189 Å². The molecule has 0 aliphatic rings. The van der Waals surface area contributed by atoms with Crippen molar-refractivity contribution in [2.24, 2.45) is 16.8 Å². The zero-order valence-electron chi connectivity index (χ0n) is 17.3. The van der Waals surface area contributed by atoms with Crippen LogP contribution in [0.25, 0.3) is 5.69 Å². The van der Waals surface area contributed by atoms with Gasteiger partial charge in [-0.2, -0.15) is 5.10 Å². The van der Waals surface area contributed by atoms with Crippen LogP contribution in [0.2, 0.25) is 0 Å². The highest BCUT2D eigenvalue weighted by Gasteiger charge is 2.31. The number of nitrogens with zero attached hydrogens (tertiary/aromatic N) is 3. The van der Waals surface area contributed by atoms with Crippen LogP contribution in [0, 0.1) is 5.82 Å². The molecule has 1 heterocycles. The van der Waals surface area contributed by atoms with Gasteiger partial charge in [0.05, 0.1) is 12.3 Å². The monoisotopic (exact) mass is 481 g/mol. The number of rotatable bonds is 8. The highest BCUT2D eigenvalue weighted by Crippen LogP contribution is 2.27. The summed E-state index contributed by atoms with van der Waals surface area (Å²) in [5.41, 5.74) is 1.92. The van der Waals surface area contributed by atoms with Crippen molar-refractivity contribution in [3.05, 3.63) is 71.0 Å². The van der Waals surface area contributed by atoms with Crippen molar-refractivity contribution in [2.45, 2.75) is 12.8 Å². The summed E-state index contributed by atoms with van der Waals surface area (Å²) in [6.45, 7) is 0.251. The molecule has 14 heteroatoms. The molecule has 3 aromatic rings. The van der Waals surface area contributed by atoms with Crippen LogP contribution in [0.15, 0.2) is 64.8 Å². The molecule has 0 saturated carbocycles. The number of ether oxygens (including phenoxy) is 2. The van der Waals surface area contributed by atoms with Crippen molar-refractivity contribution < 1.29 is 27.0 Å². The van der Waals surface area contributed by atoms with Gasteiger partial charge < -0.3 is 26.1 Å². The molecule has 0 spiro atoms. The maximum atomic E-state index is 14.2. The van der Waals surface area contributed by atoms with Crippen molar-refractivity contribution in [1.82, 2.24) is 15.0 Å². The summed E-state index contributed by atoms with van der Waals surface area (Å²) in [4.78, 5) is 16.7. The van der Waals surface area contributed by atoms with Gasteiger partial charge in [0.25, 0.3) is 5.56 Å². The first kappa shape index (κ1) is 24.3. The van der Waals surface area contributed by atoms with Crippen LogP contribution in [0.3, 0.4) is 0 Å². The van der Waals surface area contributed by atoms with Crippen LogP contribution in [0.4, 0.5) is 29.1 Å². The number of nitrogens with two attached hydrogens (primary N) is 2. The molecule has 1 aromatic heterocycles. The average molecular weight is 481 g/mol. The zero-order chi connectivity index (χ0) is 24.7. The number of alkyl halides is 3. The Hall–Kier alpha value is -4.33. The minimum Gasteiger partial charge on any atom is -0.493 e. The number of halogens is 4. The third-order valence-corrected chi connectivity index (χ3v) is 4.31. The lowest BCUT2D eigenvalue weighted by Gasteiger charge is -2.12. The van der Waals surface area contributed by atoms with E-state index in [1.807, 2.05) is 0 Å². The molecule has 3 rings (SSSR count). The van der Waals surface area contributed by atoms with Crippen LogP contribution in [0.5, 0.6) is 11.5 Å². The third-order valence-electron chi connectivity index (χ3n) is 4.31. The van der Waals surface area contributed by atoms with Crippen molar-refractivity contribution in [3.8, 4) is 17.2 Å². The van der Waals surface area contributed by atoms with Gasteiger partial charge in [-0.15, -0.1) is 13.2 Å². The van der Waals surface area contributed by atoms with Gasteiger partial charge >= 0.3 is 6.36 Å². The first-order valence-electron chi connectivity index (χ1n) is 9.57. The molecule has 0 aliphatic heterocycles. The Balaban J connectivity index is 1.73. The standard InChI is InChI=1S/C20H19F4N7O3/c21-15-11-14(34-20(22,23)24)5-6-16(15)28-18-19(32)31(9-8-27-18)12-1-3-13(4-2-12)33-10-7-17(29-25)30-26/h1-6,8-9,11H,7,10,25-26H2,(H,27,28)(H,29,30). The quantitative estimate of drug-likeness (QED) is 0.126. The summed E-state index contributed by atoms with van der Waals surface area (Å²) in [6.07, 6.45) is -1.90. The van der Waals surface area contributed by atoms with Crippen molar-refractivity contribution in [3.63, 3.8) is 0 Å². The van der Waals surface area contributed by atoms with Gasteiger partial charge in [-0.1, -0.05) is 0 Å². The fraction of sp³-hybridized carbons (Fsp3) is 0.150. The molecule has 180 valence electrons. The van der Waals surface area contributed by atoms with Gasteiger partial charge in [-0.3, -0.25) is 9.36 Å². The molecule has 0 unspecified atom stereocenters. The number of hydrazine groups is 1. The number of anilines is 2. The van der Waals surface area contributed by atoms with Crippen molar-refractivity contribution in [2.75, 3.05) is 11.9 Å². The Morgan fingerprint density at radius 3 is 2.47 bits per heavy atom. The maximum absolute atomic E-state index is 14.2. The average Bonchev–Trinajstić information content (AvgIpc) is 2.79. The lowest BCUT2D eigenvalue weighted by atomic mass is 10.2. The van der Waals surface area contributed by atoms with E-state index in [9.17, 15) is 22.4 Å². The van der Waals surface area contributed by atoms with Gasteiger partial charge in [-0.25, -0.2) is 15.2 Å². The van der Waals surface area contributed by atoms with E-state index in [0.29, 0.717) is 29.8 Å². The number of nitrogens with one attached hydrogen (secondary N) is 2. The second-order valence-corrected chi connectivity index (χ2v) is 6.58. The maximum Gasteiger partial charge on any atom is 0.573 e. The first-order valence-corrected chi connectivity index (χ1v) is 9.57. The largest absolute Gasteiger partial charge is 0.573 e. The molecule has 0 radical (unpaired) electrons. The molecule has 6 N–H and O–H groups in total. The minimum absolute atomic E-state index is 0.242. The van der Waals surface area contributed by atoms with E-state index in [1.165, 1.54) is 17.0 Å². The molecule has 0 fully saturated rings. The van der Waals surface area contributed by atoms with Crippen LogP contribution in [-0.4, -0.2) is 28.4 Å². The molecule has 0 amide bonds. The molecular weight excluding hydrogens is 462 g/mol. The van der Waals surface area contributed by atoms with Crippen LogP contribution < -0.4 is 37.5 Å².